The number of guanidine groups is 1. The van der Waals surface area contributed by atoms with Crippen LogP contribution in [0.2, 0.25) is 0 Å². The monoisotopic (exact) mass is 435 g/mol. The third kappa shape index (κ3) is 6.80. The van der Waals surface area contributed by atoms with Crippen molar-refractivity contribution < 1.29 is 18.7 Å². The first kappa shape index (κ1) is 23.3. The predicted octanol–water partition coefficient (Wildman–Crippen LogP) is 1.98. The number of rotatable bonds is 6. The first-order valence-corrected chi connectivity index (χ1v) is 11.1. The first-order chi connectivity index (χ1) is 15.1. The van der Waals surface area contributed by atoms with E-state index in [0.717, 1.165) is 37.5 Å². The molecule has 2 saturated heterocycles. The van der Waals surface area contributed by atoms with Crippen LogP contribution in [0.3, 0.4) is 0 Å². The predicted molar refractivity (Wildman–Crippen MR) is 118 cm³/mol. The minimum Gasteiger partial charge on any atom is -0.450 e. The molecule has 9 heteroatoms. The van der Waals surface area contributed by atoms with E-state index < -0.39 is 0 Å². The fraction of sp³-hybridized carbons (Fsp3) is 0.636. The van der Waals surface area contributed by atoms with Crippen LogP contribution in [-0.2, 0) is 9.47 Å². The van der Waals surface area contributed by atoms with Crippen molar-refractivity contribution in [2.45, 2.75) is 31.8 Å². The highest BCUT2D eigenvalue weighted by molar-refractivity contribution is 5.80. The number of nitrogens with zero attached hydrogens (tertiary/aromatic N) is 3. The molecule has 0 aliphatic carbocycles. The molecule has 2 aliphatic heterocycles. The van der Waals surface area contributed by atoms with Crippen LogP contribution in [0, 0.1) is 5.82 Å². The molecule has 1 unspecified atom stereocenters. The van der Waals surface area contributed by atoms with Crippen molar-refractivity contribution in [1.29, 1.82) is 0 Å². The number of aliphatic imine (C=N–C) groups is 1. The Morgan fingerprint density at radius 3 is 2.52 bits per heavy atom. The lowest BCUT2D eigenvalue weighted by atomic mass is 10.0. The van der Waals surface area contributed by atoms with Crippen molar-refractivity contribution in [2.24, 2.45) is 4.99 Å². The van der Waals surface area contributed by atoms with E-state index in [4.69, 9.17) is 9.47 Å². The molecule has 172 valence electrons. The fourth-order valence-electron chi connectivity index (χ4n) is 4.03. The van der Waals surface area contributed by atoms with E-state index in [2.05, 4.69) is 20.5 Å². The number of benzene rings is 1. The third-order valence-electron chi connectivity index (χ3n) is 5.79. The summed E-state index contributed by atoms with van der Waals surface area (Å²) in [5, 5.41) is 6.91. The number of nitrogens with one attached hydrogen (secondary N) is 2. The van der Waals surface area contributed by atoms with Gasteiger partial charge in [0.1, 0.15) is 5.82 Å². The normalized spacial score (nSPS) is 19.7. The highest BCUT2D eigenvalue weighted by Gasteiger charge is 2.26. The Labute approximate surface area is 183 Å². The van der Waals surface area contributed by atoms with Crippen LogP contribution in [-0.4, -0.2) is 87.5 Å². The van der Waals surface area contributed by atoms with E-state index >= 15 is 0 Å². The smallest absolute Gasteiger partial charge is 0.409 e. The van der Waals surface area contributed by atoms with Gasteiger partial charge in [-0.2, -0.15) is 0 Å². The second-order valence-electron chi connectivity index (χ2n) is 7.77. The van der Waals surface area contributed by atoms with E-state index in [0.29, 0.717) is 39.5 Å². The van der Waals surface area contributed by atoms with Crippen LogP contribution in [0.5, 0.6) is 0 Å². The van der Waals surface area contributed by atoms with Crippen LogP contribution < -0.4 is 10.6 Å². The Kier molecular flexibility index (Phi) is 8.90. The lowest BCUT2D eigenvalue weighted by Crippen LogP contribution is -2.51. The summed E-state index contributed by atoms with van der Waals surface area (Å²) in [5.41, 5.74) is 1.06. The summed E-state index contributed by atoms with van der Waals surface area (Å²) in [4.78, 5) is 20.4. The molecule has 2 heterocycles. The standard InChI is InChI=1S/C22H34FN5O3/c1-3-31-22(29)28-10-8-19(9-11-28)26-21(24-2)25-16-20(27-12-14-30-15-13-27)17-4-6-18(23)7-5-17/h4-7,19-20H,3,8-16H2,1-2H3,(H2,24,25,26). The molecule has 3 rings (SSSR count). The Balaban J connectivity index is 1.54. The van der Waals surface area contributed by atoms with E-state index in [1.54, 1.807) is 11.9 Å². The number of piperidine rings is 1. The molecule has 1 atom stereocenters. The Morgan fingerprint density at radius 1 is 1.23 bits per heavy atom. The summed E-state index contributed by atoms with van der Waals surface area (Å²) in [6, 6.07) is 7.04. The molecule has 1 aromatic rings. The summed E-state index contributed by atoms with van der Waals surface area (Å²) >= 11 is 0. The fourth-order valence-corrected chi connectivity index (χ4v) is 4.03. The molecule has 31 heavy (non-hydrogen) atoms. The van der Waals surface area contributed by atoms with Gasteiger partial charge in [0.25, 0.3) is 0 Å². The molecule has 0 saturated carbocycles. The lowest BCUT2D eigenvalue weighted by Gasteiger charge is -2.36. The quantitative estimate of drug-likeness (QED) is 0.526. The topological polar surface area (TPSA) is 78.4 Å². The highest BCUT2D eigenvalue weighted by Crippen LogP contribution is 2.22. The van der Waals surface area contributed by atoms with Gasteiger partial charge in [0.2, 0.25) is 0 Å². The first-order valence-electron chi connectivity index (χ1n) is 11.1. The highest BCUT2D eigenvalue weighted by atomic mass is 19.1. The van der Waals surface area contributed by atoms with Gasteiger partial charge in [0.05, 0.1) is 25.9 Å². The summed E-state index contributed by atoms with van der Waals surface area (Å²) < 4.78 is 24.0. The second kappa shape index (κ2) is 11.9. The molecule has 2 aliphatic rings. The van der Waals surface area contributed by atoms with Gasteiger partial charge in [0, 0.05) is 45.8 Å². The number of likely N-dealkylation sites (tertiary alicyclic amines) is 1. The molecule has 1 amide bonds. The van der Waals surface area contributed by atoms with E-state index in [1.807, 2.05) is 19.1 Å². The Morgan fingerprint density at radius 2 is 1.90 bits per heavy atom. The van der Waals surface area contributed by atoms with E-state index in [-0.39, 0.29) is 24.0 Å². The van der Waals surface area contributed by atoms with Crippen LogP contribution in [0.4, 0.5) is 9.18 Å². The SMILES string of the molecule is CCOC(=O)N1CCC(NC(=NC)NCC(c2ccc(F)cc2)N2CCOCC2)CC1. The number of carbonyl (C=O) groups excluding carboxylic acids is 1. The number of ether oxygens (including phenoxy) is 2. The number of hydrogen-bond donors (Lipinski definition) is 2. The molecule has 8 nitrogen and oxygen atoms in total. The number of halogens is 1. The van der Waals surface area contributed by atoms with Crippen LogP contribution in [0.1, 0.15) is 31.4 Å². The number of amides is 1. The zero-order valence-corrected chi connectivity index (χ0v) is 18.5. The summed E-state index contributed by atoms with van der Waals surface area (Å²) in [7, 11) is 1.75. The molecule has 0 radical (unpaired) electrons. The third-order valence-corrected chi connectivity index (χ3v) is 5.79. The minimum absolute atomic E-state index is 0.0914. The average Bonchev–Trinajstić information content (AvgIpc) is 2.81. The summed E-state index contributed by atoms with van der Waals surface area (Å²) in [5.74, 6) is 0.499. The molecule has 0 aromatic heterocycles. The Bertz CT molecular complexity index is 716. The lowest BCUT2D eigenvalue weighted by molar-refractivity contribution is 0.0169. The van der Waals surface area contributed by atoms with Crippen molar-refractivity contribution >= 4 is 12.1 Å². The van der Waals surface area contributed by atoms with Crippen LogP contribution in [0.15, 0.2) is 29.3 Å². The second-order valence-corrected chi connectivity index (χ2v) is 7.77. The molecule has 0 bridgehead atoms. The van der Waals surface area contributed by atoms with Crippen molar-refractivity contribution in [3.05, 3.63) is 35.6 Å². The summed E-state index contributed by atoms with van der Waals surface area (Å²) in [6.07, 6.45) is 1.44. The van der Waals surface area contributed by atoms with Crippen molar-refractivity contribution in [3.63, 3.8) is 0 Å². The molecular formula is C22H34FN5O3. The van der Waals surface area contributed by atoms with Crippen LogP contribution in [0.25, 0.3) is 0 Å². The van der Waals surface area contributed by atoms with Gasteiger partial charge in [0.15, 0.2) is 5.96 Å². The van der Waals surface area contributed by atoms with E-state index in [1.165, 1.54) is 12.1 Å². The maximum absolute atomic E-state index is 13.4. The Hall–Kier alpha value is -2.39. The average molecular weight is 436 g/mol. The number of hydrogen-bond acceptors (Lipinski definition) is 5. The van der Waals surface area contributed by atoms with Crippen molar-refractivity contribution in [3.8, 4) is 0 Å². The maximum atomic E-state index is 13.4. The maximum Gasteiger partial charge on any atom is 0.409 e. The van der Waals surface area contributed by atoms with Crippen LogP contribution >= 0.6 is 0 Å². The minimum atomic E-state index is -0.240. The largest absolute Gasteiger partial charge is 0.450 e. The molecular weight excluding hydrogens is 401 g/mol. The van der Waals surface area contributed by atoms with E-state index in [9.17, 15) is 9.18 Å². The molecule has 0 spiro atoms. The van der Waals surface area contributed by atoms with Gasteiger partial charge in [-0.3, -0.25) is 9.89 Å². The number of morpholine rings is 1. The van der Waals surface area contributed by atoms with Gasteiger partial charge >= 0.3 is 6.09 Å². The number of carbonyl (C=O) groups is 1. The summed E-state index contributed by atoms with van der Waals surface area (Å²) in [6.45, 7) is 7.26. The van der Waals surface area contributed by atoms with Gasteiger partial charge in [-0.05, 0) is 37.5 Å². The van der Waals surface area contributed by atoms with Crippen molar-refractivity contribution in [1.82, 2.24) is 20.4 Å². The van der Waals surface area contributed by atoms with Gasteiger partial charge in [-0.1, -0.05) is 12.1 Å². The van der Waals surface area contributed by atoms with Crippen molar-refractivity contribution in [2.75, 3.05) is 59.6 Å². The molecule has 2 fully saturated rings. The molecule has 1 aromatic carbocycles. The molecule has 2 N–H and O–H groups in total. The zero-order chi connectivity index (χ0) is 22.1. The zero-order valence-electron chi connectivity index (χ0n) is 18.5. The van der Waals surface area contributed by atoms with Gasteiger partial charge < -0.3 is 25.0 Å². The van der Waals surface area contributed by atoms with Gasteiger partial charge in [-0.25, -0.2) is 9.18 Å². The van der Waals surface area contributed by atoms with Gasteiger partial charge in [-0.15, -0.1) is 0 Å².